The zero-order chi connectivity index (χ0) is 11.5. The van der Waals surface area contributed by atoms with E-state index in [1.165, 1.54) is 0 Å². The SMILES string of the molecule is CN(CC(=O)NC1CC1)c1cc(N)ccn1. The lowest BCUT2D eigenvalue weighted by atomic mass is 10.3. The molecule has 3 N–H and O–H groups in total. The van der Waals surface area contributed by atoms with Gasteiger partial charge in [-0.3, -0.25) is 4.79 Å². The highest BCUT2D eigenvalue weighted by Crippen LogP contribution is 2.18. The molecule has 0 aliphatic heterocycles. The minimum absolute atomic E-state index is 0.0363. The molecule has 1 fully saturated rings. The Bertz CT molecular complexity index is 389. The zero-order valence-electron chi connectivity index (χ0n) is 9.31. The third kappa shape index (κ3) is 2.85. The van der Waals surface area contributed by atoms with Crippen molar-refractivity contribution >= 4 is 17.4 Å². The topological polar surface area (TPSA) is 71.2 Å². The molecular weight excluding hydrogens is 204 g/mol. The van der Waals surface area contributed by atoms with Crippen LogP contribution >= 0.6 is 0 Å². The molecule has 5 heteroatoms. The fraction of sp³-hybridized carbons (Fsp3) is 0.455. The van der Waals surface area contributed by atoms with E-state index in [1.807, 2.05) is 7.05 Å². The summed E-state index contributed by atoms with van der Waals surface area (Å²) in [6, 6.07) is 3.88. The van der Waals surface area contributed by atoms with Crippen LogP contribution < -0.4 is 16.0 Å². The first-order chi connectivity index (χ1) is 7.65. The molecule has 2 rings (SSSR count). The maximum absolute atomic E-state index is 11.6. The molecule has 16 heavy (non-hydrogen) atoms. The van der Waals surface area contributed by atoms with Crippen molar-refractivity contribution in [2.45, 2.75) is 18.9 Å². The highest BCUT2D eigenvalue weighted by molar-refractivity contribution is 5.81. The number of nitrogens with two attached hydrogens (primary N) is 1. The van der Waals surface area contributed by atoms with Crippen molar-refractivity contribution in [3.8, 4) is 0 Å². The van der Waals surface area contributed by atoms with E-state index in [0.29, 0.717) is 24.1 Å². The molecule has 1 aliphatic rings. The van der Waals surface area contributed by atoms with Crippen LogP contribution in [0.15, 0.2) is 18.3 Å². The van der Waals surface area contributed by atoms with Gasteiger partial charge in [-0.25, -0.2) is 4.98 Å². The van der Waals surface area contributed by atoms with Gasteiger partial charge in [-0.1, -0.05) is 0 Å². The highest BCUT2D eigenvalue weighted by Gasteiger charge is 2.23. The van der Waals surface area contributed by atoms with Crippen LogP contribution in [0.25, 0.3) is 0 Å². The van der Waals surface area contributed by atoms with Gasteiger partial charge in [0.05, 0.1) is 6.54 Å². The Kier molecular flexibility index (Phi) is 2.94. The summed E-state index contributed by atoms with van der Waals surface area (Å²) in [5, 5.41) is 2.93. The summed E-state index contributed by atoms with van der Waals surface area (Å²) in [4.78, 5) is 17.5. The molecule has 0 atom stereocenters. The molecular formula is C11H16N4O. The van der Waals surface area contributed by atoms with Crippen LogP contribution in [0, 0.1) is 0 Å². The number of aromatic nitrogens is 1. The minimum atomic E-state index is 0.0363. The number of pyridine rings is 1. The average molecular weight is 220 g/mol. The molecule has 0 aromatic carbocycles. The van der Waals surface area contributed by atoms with Crippen molar-refractivity contribution in [1.29, 1.82) is 0 Å². The quantitative estimate of drug-likeness (QED) is 0.769. The van der Waals surface area contributed by atoms with E-state index in [-0.39, 0.29) is 5.91 Å². The number of likely N-dealkylation sites (N-methyl/N-ethyl adjacent to an activating group) is 1. The van der Waals surface area contributed by atoms with Crippen molar-refractivity contribution in [2.75, 3.05) is 24.2 Å². The molecule has 0 bridgehead atoms. The Morgan fingerprint density at radius 1 is 1.69 bits per heavy atom. The van der Waals surface area contributed by atoms with Crippen molar-refractivity contribution in [3.05, 3.63) is 18.3 Å². The Morgan fingerprint density at radius 2 is 2.44 bits per heavy atom. The lowest BCUT2D eigenvalue weighted by Gasteiger charge is -2.17. The number of carbonyl (C=O) groups is 1. The number of hydrogen-bond donors (Lipinski definition) is 2. The van der Waals surface area contributed by atoms with Gasteiger partial charge >= 0.3 is 0 Å². The summed E-state index contributed by atoms with van der Waals surface area (Å²) in [6.45, 7) is 0.312. The van der Waals surface area contributed by atoms with E-state index in [0.717, 1.165) is 12.8 Å². The Hall–Kier alpha value is -1.78. The van der Waals surface area contributed by atoms with Crippen LogP contribution in [0.3, 0.4) is 0 Å². The Labute approximate surface area is 94.6 Å². The highest BCUT2D eigenvalue weighted by atomic mass is 16.2. The minimum Gasteiger partial charge on any atom is -0.399 e. The molecule has 86 valence electrons. The fourth-order valence-electron chi connectivity index (χ4n) is 1.44. The van der Waals surface area contributed by atoms with Crippen molar-refractivity contribution in [3.63, 3.8) is 0 Å². The van der Waals surface area contributed by atoms with Gasteiger partial charge in [-0.2, -0.15) is 0 Å². The second-order valence-corrected chi connectivity index (χ2v) is 4.15. The lowest BCUT2D eigenvalue weighted by Crippen LogP contribution is -2.36. The van der Waals surface area contributed by atoms with Crippen LogP contribution in [0.1, 0.15) is 12.8 Å². The smallest absolute Gasteiger partial charge is 0.239 e. The monoisotopic (exact) mass is 220 g/mol. The van der Waals surface area contributed by atoms with Crippen molar-refractivity contribution in [1.82, 2.24) is 10.3 Å². The third-order valence-electron chi connectivity index (χ3n) is 2.48. The zero-order valence-corrected chi connectivity index (χ0v) is 9.31. The number of hydrogen-bond acceptors (Lipinski definition) is 4. The van der Waals surface area contributed by atoms with Gasteiger partial charge in [0.1, 0.15) is 5.82 Å². The molecule has 0 saturated heterocycles. The molecule has 5 nitrogen and oxygen atoms in total. The number of nitrogen functional groups attached to an aromatic ring is 1. The number of nitrogens with one attached hydrogen (secondary N) is 1. The number of carbonyl (C=O) groups excluding carboxylic acids is 1. The summed E-state index contributed by atoms with van der Waals surface area (Å²) in [5.41, 5.74) is 6.30. The summed E-state index contributed by atoms with van der Waals surface area (Å²) >= 11 is 0. The van der Waals surface area contributed by atoms with Crippen LogP contribution in [0.5, 0.6) is 0 Å². The van der Waals surface area contributed by atoms with Gasteiger partial charge in [-0.05, 0) is 18.9 Å². The van der Waals surface area contributed by atoms with Gasteiger partial charge < -0.3 is 16.0 Å². The molecule has 0 spiro atoms. The molecule has 1 aromatic rings. The standard InChI is InChI=1S/C11H16N4O/c1-15(7-11(16)14-9-2-3-9)10-6-8(12)4-5-13-10/h4-6,9H,2-3,7H2,1H3,(H2,12,13)(H,14,16). The fourth-order valence-corrected chi connectivity index (χ4v) is 1.44. The normalized spacial score (nSPS) is 14.6. The summed E-state index contributed by atoms with van der Waals surface area (Å²) in [5.74, 6) is 0.750. The van der Waals surface area contributed by atoms with E-state index < -0.39 is 0 Å². The van der Waals surface area contributed by atoms with Crippen molar-refractivity contribution in [2.24, 2.45) is 0 Å². The van der Waals surface area contributed by atoms with E-state index in [4.69, 9.17) is 5.73 Å². The Balaban J connectivity index is 1.91. The predicted octanol–water partition coefficient (Wildman–Crippen LogP) is 0.379. The number of nitrogens with zero attached hydrogens (tertiary/aromatic N) is 2. The Morgan fingerprint density at radius 3 is 3.06 bits per heavy atom. The van der Waals surface area contributed by atoms with Crippen LogP contribution in [0.4, 0.5) is 11.5 Å². The van der Waals surface area contributed by atoms with E-state index >= 15 is 0 Å². The molecule has 1 heterocycles. The van der Waals surface area contributed by atoms with E-state index in [2.05, 4.69) is 10.3 Å². The number of amides is 1. The second kappa shape index (κ2) is 4.38. The number of rotatable bonds is 4. The van der Waals surface area contributed by atoms with Gasteiger partial charge in [-0.15, -0.1) is 0 Å². The van der Waals surface area contributed by atoms with Crippen LogP contribution in [-0.2, 0) is 4.79 Å². The largest absolute Gasteiger partial charge is 0.399 e. The van der Waals surface area contributed by atoms with Gasteiger partial charge in [0.15, 0.2) is 0 Å². The average Bonchev–Trinajstić information content (AvgIpc) is 3.01. The lowest BCUT2D eigenvalue weighted by molar-refractivity contribution is -0.119. The first-order valence-electron chi connectivity index (χ1n) is 5.37. The summed E-state index contributed by atoms with van der Waals surface area (Å²) in [6.07, 6.45) is 3.85. The summed E-state index contributed by atoms with van der Waals surface area (Å²) in [7, 11) is 1.83. The first kappa shape index (κ1) is 10.7. The second-order valence-electron chi connectivity index (χ2n) is 4.15. The van der Waals surface area contributed by atoms with Gasteiger partial charge in [0.2, 0.25) is 5.91 Å². The molecule has 1 aliphatic carbocycles. The maximum Gasteiger partial charge on any atom is 0.239 e. The van der Waals surface area contributed by atoms with Crippen LogP contribution in [0.2, 0.25) is 0 Å². The number of anilines is 2. The molecule has 1 amide bonds. The first-order valence-corrected chi connectivity index (χ1v) is 5.37. The molecule has 0 radical (unpaired) electrons. The van der Waals surface area contributed by atoms with Crippen molar-refractivity contribution < 1.29 is 4.79 Å². The van der Waals surface area contributed by atoms with Gasteiger partial charge in [0, 0.05) is 31.0 Å². The van der Waals surface area contributed by atoms with Crippen LogP contribution in [-0.4, -0.2) is 30.5 Å². The third-order valence-corrected chi connectivity index (χ3v) is 2.48. The van der Waals surface area contributed by atoms with Gasteiger partial charge in [0.25, 0.3) is 0 Å². The van der Waals surface area contributed by atoms with E-state index in [1.54, 1.807) is 23.2 Å². The molecule has 1 saturated carbocycles. The molecule has 0 unspecified atom stereocenters. The van der Waals surface area contributed by atoms with E-state index in [9.17, 15) is 4.79 Å². The predicted molar refractivity (Wildman–Crippen MR) is 63.1 cm³/mol. The summed E-state index contributed by atoms with van der Waals surface area (Å²) < 4.78 is 0. The maximum atomic E-state index is 11.6. The molecule has 1 aromatic heterocycles.